The van der Waals surface area contributed by atoms with Crippen molar-refractivity contribution in [3.8, 4) is 0 Å². The van der Waals surface area contributed by atoms with Crippen molar-refractivity contribution in [3.05, 3.63) is 15.9 Å². The minimum absolute atomic E-state index is 0.622. The van der Waals surface area contributed by atoms with Crippen LogP contribution in [0.25, 0.3) is 0 Å². The first-order chi connectivity index (χ1) is 9.04. The largest absolute Gasteiger partial charge is 0.383 e. The van der Waals surface area contributed by atoms with Crippen LogP contribution in [-0.4, -0.2) is 41.0 Å². The van der Waals surface area contributed by atoms with Crippen molar-refractivity contribution in [2.75, 3.05) is 20.3 Å². The molecule has 0 saturated heterocycles. The zero-order valence-corrected chi connectivity index (χ0v) is 13.9. The second-order valence-electron chi connectivity index (χ2n) is 5.51. The molecule has 108 valence electrons. The van der Waals surface area contributed by atoms with Gasteiger partial charge >= 0.3 is 0 Å². The monoisotopic (exact) mass is 329 g/mol. The SMILES string of the molecule is COCCN(Cc1c(Br)c(C)nn1C)C(C)C1CC1. The number of methoxy groups -OCH3 is 1. The fourth-order valence-corrected chi connectivity index (χ4v) is 3.02. The molecule has 0 aromatic carbocycles. The van der Waals surface area contributed by atoms with Crippen LogP contribution in [0.4, 0.5) is 0 Å². The third-order valence-electron chi connectivity index (χ3n) is 4.08. The van der Waals surface area contributed by atoms with Gasteiger partial charge in [-0.3, -0.25) is 9.58 Å². The van der Waals surface area contributed by atoms with Gasteiger partial charge in [-0.2, -0.15) is 5.10 Å². The zero-order chi connectivity index (χ0) is 14.0. The predicted octanol–water partition coefficient (Wildman–Crippen LogP) is 2.74. The Morgan fingerprint density at radius 2 is 2.21 bits per heavy atom. The average molecular weight is 330 g/mol. The van der Waals surface area contributed by atoms with Crippen molar-refractivity contribution in [2.24, 2.45) is 13.0 Å². The maximum atomic E-state index is 5.25. The second kappa shape index (κ2) is 6.37. The Kier molecular flexibility index (Phi) is 5.03. The first-order valence-electron chi connectivity index (χ1n) is 6.95. The molecule has 5 heteroatoms. The Hall–Kier alpha value is -0.390. The van der Waals surface area contributed by atoms with Crippen LogP contribution in [0.5, 0.6) is 0 Å². The molecule has 0 aliphatic heterocycles. The molecule has 1 aromatic rings. The molecular formula is C14H24BrN3O. The van der Waals surface area contributed by atoms with E-state index in [1.54, 1.807) is 7.11 Å². The predicted molar refractivity (Wildman–Crippen MR) is 80.1 cm³/mol. The van der Waals surface area contributed by atoms with Gasteiger partial charge in [-0.1, -0.05) is 0 Å². The molecule has 0 N–H and O–H groups in total. The maximum Gasteiger partial charge on any atom is 0.0739 e. The molecule has 1 unspecified atom stereocenters. The molecule has 0 bridgehead atoms. The molecule has 19 heavy (non-hydrogen) atoms. The normalized spacial score (nSPS) is 17.2. The number of hydrogen-bond donors (Lipinski definition) is 0. The highest BCUT2D eigenvalue weighted by Gasteiger charge is 2.32. The average Bonchev–Trinajstić information content (AvgIpc) is 3.18. The molecule has 1 aliphatic carbocycles. The summed E-state index contributed by atoms with van der Waals surface area (Å²) in [5.74, 6) is 0.866. The highest BCUT2D eigenvalue weighted by molar-refractivity contribution is 9.10. The van der Waals surface area contributed by atoms with Crippen LogP contribution >= 0.6 is 15.9 Å². The Bertz CT molecular complexity index is 429. The van der Waals surface area contributed by atoms with Gasteiger partial charge in [0.25, 0.3) is 0 Å². The Morgan fingerprint density at radius 3 is 2.68 bits per heavy atom. The number of halogens is 1. The number of aryl methyl sites for hydroxylation is 2. The van der Waals surface area contributed by atoms with Gasteiger partial charge in [0.2, 0.25) is 0 Å². The number of aromatic nitrogens is 2. The summed E-state index contributed by atoms with van der Waals surface area (Å²) in [6, 6.07) is 0.622. The number of hydrogen-bond acceptors (Lipinski definition) is 3. The fraction of sp³-hybridized carbons (Fsp3) is 0.786. The van der Waals surface area contributed by atoms with E-state index < -0.39 is 0 Å². The third-order valence-corrected chi connectivity index (χ3v) is 5.11. The van der Waals surface area contributed by atoms with Crippen LogP contribution in [0.1, 0.15) is 31.2 Å². The molecule has 1 heterocycles. The number of ether oxygens (including phenoxy) is 1. The van der Waals surface area contributed by atoms with E-state index in [2.05, 4.69) is 32.9 Å². The standard InChI is InChI=1S/C14H24BrN3O/c1-10-14(15)13(17(3)16-10)9-18(7-8-19-4)11(2)12-5-6-12/h11-12H,5-9H2,1-4H3. The molecule has 0 radical (unpaired) electrons. The lowest BCUT2D eigenvalue weighted by atomic mass is 10.1. The summed E-state index contributed by atoms with van der Waals surface area (Å²) in [7, 11) is 3.79. The minimum atomic E-state index is 0.622. The van der Waals surface area contributed by atoms with Crippen molar-refractivity contribution in [1.29, 1.82) is 0 Å². The topological polar surface area (TPSA) is 30.3 Å². The summed E-state index contributed by atoms with van der Waals surface area (Å²) in [6.07, 6.45) is 2.74. The smallest absolute Gasteiger partial charge is 0.0739 e. The fourth-order valence-electron chi connectivity index (χ4n) is 2.56. The maximum absolute atomic E-state index is 5.25. The van der Waals surface area contributed by atoms with Crippen LogP contribution in [0.2, 0.25) is 0 Å². The number of rotatable bonds is 7. The van der Waals surface area contributed by atoms with Gasteiger partial charge < -0.3 is 4.74 Å². The summed E-state index contributed by atoms with van der Waals surface area (Å²) in [5, 5.41) is 4.48. The van der Waals surface area contributed by atoms with Crippen molar-refractivity contribution in [2.45, 2.75) is 39.3 Å². The van der Waals surface area contributed by atoms with Crippen molar-refractivity contribution in [3.63, 3.8) is 0 Å². The van der Waals surface area contributed by atoms with Gasteiger partial charge in [0, 0.05) is 33.3 Å². The zero-order valence-electron chi connectivity index (χ0n) is 12.3. The van der Waals surface area contributed by atoms with E-state index in [0.29, 0.717) is 6.04 Å². The van der Waals surface area contributed by atoms with E-state index in [1.165, 1.54) is 18.5 Å². The van der Waals surface area contributed by atoms with Crippen molar-refractivity contribution in [1.82, 2.24) is 14.7 Å². The molecule has 1 fully saturated rings. The lowest BCUT2D eigenvalue weighted by Crippen LogP contribution is -2.37. The molecule has 1 aliphatic rings. The molecule has 1 atom stereocenters. The Morgan fingerprint density at radius 1 is 1.53 bits per heavy atom. The van der Waals surface area contributed by atoms with E-state index in [0.717, 1.165) is 35.8 Å². The summed E-state index contributed by atoms with van der Waals surface area (Å²) in [6.45, 7) is 7.07. The first kappa shape index (κ1) is 15.0. The summed E-state index contributed by atoms with van der Waals surface area (Å²) >= 11 is 3.66. The first-order valence-corrected chi connectivity index (χ1v) is 7.74. The molecule has 2 rings (SSSR count). The quantitative estimate of drug-likeness (QED) is 0.770. The van der Waals surface area contributed by atoms with E-state index in [4.69, 9.17) is 4.74 Å². The van der Waals surface area contributed by atoms with Crippen molar-refractivity contribution >= 4 is 15.9 Å². The van der Waals surface area contributed by atoms with Crippen LogP contribution < -0.4 is 0 Å². The van der Waals surface area contributed by atoms with Crippen LogP contribution in [0.3, 0.4) is 0 Å². The molecule has 0 amide bonds. The van der Waals surface area contributed by atoms with Gasteiger partial charge in [-0.25, -0.2) is 0 Å². The summed E-state index contributed by atoms with van der Waals surface area (Å²) < 4.78 is 8.37. The summed E-state index contributed by atoms with van der Waals surface area (Å²) in [4.78, 5) is 2.52. The number of nitrogens with zero attached hydrogens (tertiary/aromatic N) is 3. The molecule has 1 saturated carbocycles. The molecule has 0 spiro atoms. The Balaban J connectivity index is 2.09. The summed E-state index contributed by atoms with van der Waals surface area (Å²) in [5.41, 5.74) is 2.31. The van der Waals surface area contributed by atoms with Crippen LogP contribution in [0, 0.1) is 12.8 Å². The third kappa shape index (κ3) is 3.58. The minimum Gasteiger partial charge on any atom is -0.383 e. The van der Waals surface area contributed by atoms with Gasteiger partial charge in [-0.05, 0) is 48.5 Å². The lowest BCUT2D eigenvalue weighted by Gasteiger charge is -2.29. The van der Waals surface area contributed by atoms with E-state index in [1.807, 2.05) is 18.7 Å². The lowest BCUT2D eigenvalue weighted by molar-refractivity contribution is 0.109. The second-order valence-corrected chi connectivity index (χ2v) is 6.30. The molecule has 1 aromatic heterocycles. The van der Waals surface area contributed by atoms with Gasteiger partial charge in [0.15, 0.2) is 0 Å². The van der Waals surface area contributed by atoms with E-state index in [9.17, 15) is 0 Å². The van der Waals surface area contributed by atoms with Gasteiger partial charge in [0.1, 0.15) is 0 Å². The van der Waals surface area contributed by atoms with Crippen LogP contribution in [0.15, 0.2) is 4.47 Å². The van der Waals surface area contributed by atoms with E-state index in [-0.39, 0.29) is 0 Å². The molecular weight excluding hydrogens is 306 g/mol. The molecule has 4 nitrogen and oxygen atoms in total. The van der Waals surface area contributed by atoms with Gasteiger partial charge in [0.05, 0.1) is 22.5 Å². The van der Waals surface area contributed by atoms with Crippen LogP contribution in [-0.2, 0) is 18.3 Å². The van der Waals surface area contributed by atoms with E-state index >= 15 is 0 Å². The Labute approximate surface area is 124 Å². The van der Waals surface area contributed by atoms with Crippen molar-refractivity contribution < 1.29 is 4.74 Å². The van der Waals surface area contributed by atoms with Gasteiger partial charge in [-0.15, -0.1) is 0 Å². The highest BCUT2D eigenvalue weighted by atomic mass is 79.9. The highest BCUT2D eigenvalue weighted by Crippen LogP contribution is 2.36.